The van der Waals surface area contributed by atoms with Crippen LogP contribution in [0.15, 0.2) is 48.0 Å². The Balaban J connectivity index is 1.72. The van der Waals surface area contributed by atoms with E-state index in [2.05, 4.69) is 15.0 Å². The molecule has 0 aliphatic carbocycles. The van der Waals surface area contributed by atoms with E-state index < -0.39 is 14.8 Å². The highest BCUT2D eigenvalue weighted by Gasteiger charge is 2.28. The molecule has 26 heavy (non-hydrogen) atoms. The second-order valence-electron chi connectivity index (χ2n) is 6.78. The Morgan fingerprint density at radius 1 is 1.04 bits per heavy atom. The van der Waals surface area contributed by atoms with Crippen LogP contribution in [0.2, 0.25) is 0 Å². The minimum absolute atomic E-state index is 0.265. The third kappa shape index (κ3) is 3.86. The number of carbonyl (C=O) groups excluding carboxylic acids is 1. The van der Waals surface area contributed by atoms with E-state index in [1.807, 2.05) is 12.1 Å². The number of amides is 1. The quantitative estimate of drug-likeness (QED) is 0.703. The zero-order chi connectivity index (χ0) is 18.9. The van der Waals surface area contributed by atoms with E-state index >= 15 is 0 Å². The Bertz CT molecular complexity index is 1050. The van der Waals surface area contributed by atoms with Crippen LogP contribution in [0.25, 0.3) is 10.2 Å². The number of fused-ring (bicyclic) bond motifs is 1. The standard InChI is InChI=1S/C18H19N3O3S2/c1-18(2,3)26(23,24)21-13-6-4-12(5-7-13)17(22)20-14-8-9-15-16(10-14)25-11-19-15/h4-11,21H,1-3H3,(H,20,22). The van der Waals surface area contributed by atoms with Gasteiger partial charge in [0.15, 0.2) is 0 Å². The summed E-state index contributed by atoms with van der Waals surface area (Å²) in [7, 11) is -3.50. The monoisotopic (exact) mass is 389 g/mol. The summed E-state index contributed by atoms with van der Waals surface area (Å²) in [6, 6.07) is 11.8. The molecule has 3 rings (SSSR count). The van der Waals surface area contributed by atoms with Gasteiger partial charge in [0.2, 0.25) is 10.0 Å². The van der Waals surface area contributed by atoms with Gasteiger partial charge >= 0.3 is 0 Å². The number of nitrogens with zero attached hydrogens (tertiary/aromatic N) is 1. The predicted octanol–water partition coefficient (Wildman–Crippen LogP) is 4.09. The average Bonchev–Trinajstić information content (AvgIpc) is 3.01. The van der Waals surface area contributed by atoms with Crippen molar-refractivity contribution in [1.29, 1.82) is 0 Å². The summed E-state index contributed by atoms with van der Waals surface area (Å²) in [6.07, 6.45) is 0. The number of nitrogens with one attached hydrogen (secondary N) is 2. The third-order valence-electron chi connectivity index (χ3n) is 3.79. The summed E-state index contributed by atoms with van der Waals surface area (Å²) in [6.45, 7) is 4.87. The molecule has 0 unspecified atom stereocenters. The molecule has 0 aliphatic heterocycles. The van der Waals surface area contributed by atoms with E-state index in [9.17, 15) is 13.2 Å². The lowest BCUT2D eigenvalue weighted by Crippen LogP contribution is -2.33. The molecule has 2 N–H and O–H groups in total. The van der Waals surface area contributed by atoms with Crippen LogP contribution in [0.1, 0.15) is 31.1 Å². The van der Waals surface area contributed by atoms with Gasteiger partial charge in [0.1, 0.15) is 0 Å². The normalized spacial score (nSPS) is 12.1. The first-order chi connectivity index (χ1) is 12.2. The van der Waals surface area contributed by atoms with Crippen molar-refractivity contribution < 1.29 is 13.2 Å². The zero-order valence-electron chi connectivity index (χ0n) is 14.6. The van der Waals surface area contributed by atoms with Crippen molar-refractivity contribution in [3.63, 3.8) is 0 Å². The average molecular weight is 390 g/mol. The molecular weight excluding hydrogens is 370 g/mol. The Hall–Kier alpha value is -2.45. The highest BCUT2D eigenvalue weighted by atomic mass is 32.2. The maximum Gasteiger partial charge on any atom is 0.255 e. The molecule has 0 fully saturated rings. The summed E-state index contributed by atoms with van der Waals surface area (Å²) >= 11 is 1.51. The molecule has 1 amide bonds. The van der Waals surface area contributed by atoms with Gasteiger partial charge in [0.25, 0.3) is 5.91 Å². The van der Waals surface area contributed by atoms with Gasteiger partial charge in [0, 0.05) is 16.9 Å². The molecule has 6 nitrogen and oxygen atoms in total. The Morgan fingerprint density at radius 3 is 2.35 bits per heavy atom. The summed E-state index contributed by atoms with van der Waals surface area (Å²) in [5.41, 5.74) is 4.19. The van der Waals surface area contributed by atoms with Crippen LogP contribution in [0.3, 0.4) is 0 Å². The van der Waals surface area contributed by atoms with Gasteiger partial charge < -0.3 is 5.32 Å². The third-order valence-corrected chi connectivity index (χ3v) is 6.70. The van der Waals surface area contributed by atoms with Gasteiger partial charge in [-0.2, -0.15) is 0 Å². The van der Waals surface area contributed by atoms with Crippen molar-refractivity contribution in [2.24, 2.45) is 0 Å². The summed E-state index contributed by atoms with van der Waals surface area (Å²) in [5, 5.41) is 2.83. The van der Waals surface area contributed by atoms with Gasteiger partial charge in [-0.25, -0.2) is 13.4 Å². The van der Waals surface area contributed by atoms with Crippen molar-refractivity contribution in [3.05, 3.63) is 53.5 Å². The lowest BCUT2D eigenvalue weighted by atomic mass is 10.2. The number of benzene rings is 2. The van der Waals surface area contributed by atoms with Crippen LogP contribution in [0.5, 0.6) is 0 Å². The molecule has 0 radical (unpaired) electrons. The van der Waals surface area contributed by atoms with Crippen LogP contribution in [-0.4, -0.2) is 24.1 Å². The summed E-state index contributed by atoms with van der Waals surface area (Å²) < 4.78 is 26.9. The first-order valence-electron chi connectivity index (χ1n) is 7.93. The predicted molar refractivity (Wildman–Crippen MR) is 106 cm³/mol. The van der Waals surface area contributed by atoms with Gasteiger partial charge in [-0.05, 0) is 63.2 Å². The van der Waals surface area contributed by atoms with Gasteiger partial charge in [-0.3, -0.25) is 9.52 Å². The summed E-state index contributed by atoms with van der Waals surface area (Å²) in [4.78, 5) is 16.6. The zero-order valence-corrected chi connectivity index (χ0v) is 16.2. The molecule has 0 atom stereocenters. The maximum absolute atomic E-state index is 12.4. The number of anilines is 2. The number of thiazole rings is 1. The van der Waals surface area contributed by atoms with Crippen LogP contribution in [0.4, 0.5) is 11.4 Å². The Kier molecular flexibility index (Phi) is 4.72. The highest BCUT2D eigenvalue weighted by molar-refractivity contribution is 7.94. The van der Waals surface area contributed by atoms with Crippen molar-refractivity contribution >= 4 is 48.9 Å². The van der Waals surface area contributed by atoms with Crippen molar-refractivity contribution in [1.82, 2.24) is 4.98 Å². The molecular formula is C18H19N3O3S2. The van der Waals surface area contributed by atoms with E-state index in [4.69, 9.17) is 0 Å². The first-order valence-corrected chi connectivity index (χ1v) is 10.3. The Morgan fingerprint density at radius 2 is 1.69 bits per heavy atom. The number of hydrogen-bond acceptors (Lipinski definition) is 5. The van der Waals surface area contributed by atoms with Crippen molar-refractivity contribution in [3.8, 4) is 0 Å². The van der Waals surface area contributed by atoms with Gasteiger partial charge in [-0.1, -0.05) is 0 Å². The molecule has 0 spiro atoms. The second kappa shape index (κ2) is 6.69. The fourth-order valence-corrected chi connectivity index (χ4v) is 3.60. The molecule has 0 aliphatic rings. The number of rotatable bonds is 4. The lowest BCUT2D eigenvalue weighted by Gasteiger charge is -2.20. The minimum atomic E-state index is -3.50. The SMILES string of the molecule is CC(C)(C)S(=O)(=O)Nc1ccc(C(=O)Nc2ccc3ncsc3c2)cc1. The van der Waals surface area contributed by atoms with Gasteiger partial charge in [0.05, 0.1) is 20.5 Å². The molecule has 1 aromatic heterocycles. The number of sulfonamides is 1. The molecule has 3 aromatic rings. The maximum atomic E-state index is 12.4. The Labute approximate surface area is 156 Å². The largest absolute Gasteiger partial charge is 0.322 e. The molecule has 0 saturated carbocycles. The van der Waals surface area contributed by atoms with Crippen molar-refractivity contribution in [2.75, 3.05) is 10.0 Å². The number of carbonyl (C=O) groups is 1. The topological polar surface area (TPSA) is 88.2 Å². The number of hydrogen-bond donors (Lipinski definition) is 2. The van der Waals surface area contributed by atoms with Crippen LogP contribution >= 0.6 is 11.3 Å². The first kappa shape index (κ1) is 18.3. The van der Waals surface area contributed by atoms with Gasteiger partial charge in [-0.15, -0.1) is 11.3 Å². The van der Waals surface area contributed by atoms with E-state index in [1.165, 1.54) is 11.3 Å². The van der Waals surface area contributed by atoms with Crippen molar-refractivity contribution in [2.45, 2.75) is 25.5 Å². The smallest absolute Gasteiger partial charge is 0.255 e. The van der Waals surface area contributed by atoms with Crippen LogP contribution in [0, 0.1) is 0 Å². The molecule has 8 heteroatoms. The van der Waals surface area contributed by atoms with E-state index in [-0.39, 0.29) is 5.91 Å². The van der Waals surface area contributed by atoms with E-state index in [1.54, 1.807) is 56.6 Å². The van der Waals surface area contributed by atoms with Crippen LogP contribution in [-0.2, 0) is 10.0 Å². The van der Waals surface area contributed by atoms with E-state index in [0.29, 0.717) is 16.9 Å². The molecule has 2 aromatic carbocycles. The number of aromatic nitrogens is 1. The second-order valence-corrected chi connectivity index (χ2v) is 10.1. The molecule has 0 bridgehead atoms. The fraction of sp³-hybridized carbons (Fsp3) is 0.222. The fourth-order valence-electron chi connectivity index (χ4n) is 2.13. The van der Waals surface area contributed by atoms with Crippen LogP contribution < -0.4 is 10.0 Å². The minimum Gasteiger partial charge on any atom is -0.322 e. The lowest BCUT2D eigenvalue weighted by molar-refractivity contribution is 0.102. The highest BCUT2D eigenvalue weighted by Crippen LogP contribution is 2.23. The summed E-state index contributed by atoms with van der Waals surface area (Å²) in [5.74, 6) is -0.265. The van der Waals surface area contributed by atoms with E-state index in [0.717, 1.165) is 10.2 Å². The molecule has 1 heterocycles. The molecule has 0 saturated heterocycles. The molecule has 136 valence electrons.